The summed E-state index contributed by atoms with van der Waals surface area (Å²) in [4.78, 5) is 28.5. The second-order valence-corrected chi connectivity index (χ2v) is 8.95. The molecule has 1 aromatic rings. The van der Waals surface area contributed by atoms with Crippen LogP contribution in [0, 0.1) is 0 Å². The van der Waals surface area contributed by atoms with Crippen molar-refractivity contribution in [3.8, 4) is 0 Å². The Balaban J connectivity index is 1.38. The van der Waals surface area contributed by atoms with Crippen LogP contribution >= 0.6 is 0 Å². The minimum atomic E-state index is 0.121. The summed E-state index contributed by atoms with van der Waals surface area (Å²) in [5, 5.41) is 3.03. The first-order chi connectivity index (χ1) is 12.8. The number of carbonyl (C=O) groups is 2. The predicted molar refractivity (Wildman–Crippen MR) is 108 cm³/mol. The van der Waals surface area contributed by atoms with Crippen molar-refractivity contribution >= 4 is 11.8 Å². The zero-order valence-corrected chi connectivity index (χ0v) is 17.0. The van der Waals surface area contributed by atoms with Gasteiger partial charge in [-0.1, -0.05) is 45.0 Å². The molecule has 2 fully saturated rings. The number of amides is 2. The van der Waals surface area contributed by atoms with E-state index in [1.807, 2.05) is 4.90 Å². The van der Waals surface area contributed by atoms with Crippen LogP contribution in [0.2, 0.25) is 0 Å². The first-order valence-electron chi connectivity index (χ1n) is 10.2. The van der Waals surface area contributed by atoms with Gasteiger partial charge in [0.1, 0.15) is 0 Å². The molecule has 5 heteroatoms. The van der Waals surface area contributed by atoms with E-state index >= 15 is 0 Å². The van der Waals surface area contributed by atoms with E-state index in [-0.39, 0.29) is 17.2 Å². The SMILES string of the molecule is CC(C)(C)c1ccc(CCC(=O)N2CCN(CC(=O)NC3CC3)CC2)cc1. The van der Waals surface area contributed by atoms with E-state index in [9.17, 15) is 9.59 Å². The fourth-order valence-electron chi connectivity index (χ4n) is 3.44. The summed E-state index contributed by atoms with van der Waals surface area (Å²) in [6.07, 6.45) is 3.57. The molecule has 1 aromatic carbocycles. The van der Waals surface area contributed by atoms with Gasteiger partial charge in [0, 0.05) is 38.6 Å². The highest BCUT2D eigenvalue weighted by molar-refractivity contribution is 5.79. The summed E-state index contributed by atoms with van der Waals surface area (Å²) >= 11 is 0. The highest BCUT2D eigenvalue weighted by Gasteiger charge is 2.26. The summed E-state index contributed by atoms with van der Waals surface area (Å²) in [7, 11) is 0. The molecule has 27 heavy (non-hydrogen) atoms. The summed E-state index contributed by atoms with van der Waals surface area (Å²) in [5.41, 5.74) is 2.69. The van der Waals surface area contributed by atoms with Crippen LogP contribution in [-0.2, 0) is 21.4 Å². The van der Waals surface area contributed by atoms with Crippen LogP contribution in [0.1, 0.15) is 51.2 Å². The van der Waals surface area contributed by atoms with Crippen molar-refractivity contribution in [3.63, 3.8) is 0 Å². The number of aryl methyl sites for hydroxylation is 1. The predicted octanol–water partition coefficient (Wildman–Crippen LogP) is 2.34. The van der Waals surface area contributed by atoms with Gasteiger partial charge in [-0.05, 0) is 35.8 Å². The van der Waals surface area contributed by atoms with E-state index in [4.69, 9.17) is 0 Å². The normalized spacial score (nSPS) is 18.4. The molecule has 5 nitrogen and oxygen atoms in total. The van der Waals surface area contributed by atoms with Crippen molar-refractivity contribution in [1.82, 2.24) is 15.1 Å². The summed E-state index contributed by atoms with van der Waals surface area (Å²) in [6, 6.07) is 9.04. The lowest BCUT2D eigenvalue weighted by molar-refractivity contribution is -0.133. The third-order valence-electron chi connectivity index (χ3n) is 5.48. The van der Waals surface area contributed by atoms with E-state index in [1.54, 1.807) is 0 Å². The first-order valence-corrected chi connectivity index (χ1v) is 10.2. The van der Waals surface area contributed by atoms with Gasteiger partial charge in [0.15, 0.2) is 0 Å². The van der Waals surface area contributed by atoms with Crippen LogP contribution < -0.4 is 5.32 Å². The fourth-order valence-corrected chi connectivity index (χ4v) is 3.44. The van der Waals surface area contributed by atoms with Gasteiger partial charge in [-0.2, -0.15) is 0 Å². The van der Waals surface area contributed by atoms with E-state index < -0.39 is 0 Å². The molecule has 2 aliphatic rings. The first kappa shape index (κ1) is 19.9. The van der Waals surface area contributed by atoms with Gasteiger partial charge in [0.05, 0.1) is 6.54 Å². The van der Waals surface area contributed by atoms with Crippen molar-refractivity contribution in [2.75, 3.05) is 32.7 Å². The molecular formula is C22H33N3O2. The van der Waals surface area contributed by atoms with Crippen molar-refractivity contribution in [3.05, 3.63) is 35.4 Å². The van der Waals surface area contributed by atoms with E-state index in [2.05, 4.69) is 55.3 Å². The molecule has 148 valence electrons. The molecule has 0 radical (unpaired) electrons. The monoisotopic (exact) mass is 371 g/mol. The van der Waals surface area contributed by atoms with Gasteiger partial charge in [-0.25, -0.2) is 0 Å². The molecule has 3 rings (SSSR count). The van der Waals surface area contributed by atoms with Gasteiger partial charge >= 0.3 is 0 Å². The zero-order valence-electron chi connectivity index (χ0n) is 17.0. The Morgan fingerprint density at radius 2 is 1.67 bits per heavy atom. The number of nitrogens with zero attached hydrogens (tertiary/aromatic N) is 2. The van der Waals surface area contributed by atoms with E-state index in [0.29, 0.717) is 19.0 Å². The van der Waals surface area contributed by atoms with Crippen molar-refractivity contribution in [2.24, 2.45) is 0 Å². The number of benzene rings is 1. The summed E-state index contributed by atoms with van der Waals surface area (Å²) in [6.45, 7) is 10.1. The Bertz CT molecular complexity index is 651. The third-order valence-corrected chi connectivity index (χ3v) is 5.48. The quantitative estimate of drug-likeness (QED) is 0.835. The Morgan fingerprint density at radius 1 is 1.04 bits per heavy atom. The Labute approximate surface area is 163 Å². The maximum atomic E-state index is 12.5. The highest BCUT2D eigenvalue weighted by Crippen LogP contribution is 2.22. The molecule has 1 N–H and O–H groups in total. The molecule has 1 saturated carbocycles. The van der Waals surface area contributed by atoms with Gasteiger partial charge in [0.2, 0.25) is 11.8 Å². The van der Waals surface area contributed by atoms with Gasteiger partial charge in [-0.3, -0.25) is 14.5 Å². The third kappa shape index (κ3) is 6.06. The number of hydrogen-bond acceptors (Lipinski definition) is 3. The smallest absolute Gasteiger partial charge is 0.234 e. The minimum absolute atomic E-state index is 0.121. The van der Waals surface area contributed by atoms with Crippen molar-refractivity contribution < 1.29 is 9.59 Å². The lowest BCUT2D eigenvalue weighted by atomic mass is 9.86. The summed E-state index contributed by atoms with van der Waals surface area (Å²) < 4.78 is 0. The maximum Gasteiger partial charge on any atom is 0.234 e. The Morgan fingerprint density at radius 3 is 2.22 bits per heavy atom. The topological polar surface area (TPSA) is 52.7 Å². The van der Waals surface area contributed by atoms with Gasteiger partial charge in [-0.15, -0.1) is 0 Å². The van der Waals surface area contributed by atoms with Crippen LogP contribution in [0.25, 0.3) is 0 Å². The van der Waals surface area contributed by atoms with Gasteiger partial charge in [0.25, 0.3) is 0 Å². The van der Waals surface area contributed by atoms with E-state index in [0.717, 1.165) is 45.4 Å². The second-order valence-electron chi connectivity index (χ2n) is 8.95. The maximum absolute atomic E-state index is 12.5. The molecule has 1 aliphatic carbocycles. The number of nitrogens with one attached hydrogen (secondary N) is 1. The standard InChI is InChI=1S/C22H33N3O2/c1-22(2,3)18-7-4-17(5-8-18)6-11-21(27)25-14-12-24(13-15-25)16-20(26)23-19-9-10-19/h4-5,7-8,19H,6,9-16H2,1-3H3,(H,23,26). The molecule has 0 atom stereocenters. The molecule has 0 aromatic heterocycles. The average Bonchev–Trinajstić information content (AvgIpc) is 3.43. The minimum Gasteiger partial charge on any atom is -0.352 e. The molecule has 1 heterocycles. The molecule has 0 unspecified atom stereocenters. The molecule has 1 saturated heterocycles. The van der Waals surface area contributed by atoms with Crippen LogP contribution in [0.3, 0.4) is 0 Å². The van der Waals surface area contributed by atoms with Crippen LogP contribution in [0.5, 0.6) is 0 Å². The molecule has 2 amide bonds. The number of carbonyl (C=O) groups excluding carboxylic acids is 2. The van der Waals surface area contributed by atoms with Crippen molar-refractivity contribution in [1.29, 1.82) is 0 Å². The molecule has 0 spiro atoms. The number of piperazine rings is 1. The lowest BCUT2D eigenvalue weighted by Gasteiger charge is -2.34. The van der Waals surface area contributed by atoms with Crippen LogP contribution in [-0.4, -0.2) is 60.4 Å². The van der Waals surface area contributed by atoms with E-state index in [1.165, 1.54) is 11.1 Å². The summed E-state index contributed by atoms with van der Waals surface area (Å²) in [5.74, 6) is 0.341. The number of rotatable bonds is 6. The Kier molecular flexibility index (Phi) is 6.20. The molecular weight excluding hydrogens is 338 g/mol. The Hall–Kier alpha value is -1.88. The largest absolute Gasteiger partial charge is 0.352 e. The van der Waals surface area contributed by atoms with Crippen LogP contribution in [0.15, 0.2) is 24.3 Å². The number of hydrogen-bond donors (Lipinski definition) is 1. The van der Waals surface area contributed by atoms with Crippen molar-refractivity contribution in [2.45, 2.75) is 57.9 Å². The van der Waals surface area contributed by atoms with Gasteiger partial charge < -0.3 is 10.2 Å². The lowest BCUT2D eigenvalue weighted by Crippen LogP contribution is -2.51. The zero-order chi connectivity index (χ0) is 19.4. The fraction of sp³-hybridized carbons (Fsp3) is 0.636. The van der Waals surface area contributed by atoms with Crippen LogP contribution in [0.4, 0.5) is 0 Å². The second kappa shape index (κ2) is 8.42. The molecule has 1 aliphatic heterocycles. The highest BCUT2D eigenvalue weighted by atomic mass is 16.2. The molecule has 0 bridgehead atoms. The average molecular weight is 372 g/mol.